The van der Waals surface area contributed by atoms with E-state index in [1.807, 2.05) is 30.3 Å². The zero-order valence-corrected chi connectivity index (χ0v) is 9.31. The van der Waals surface area contributed by atoms with E-state index in [4.69, 9.17) is 5.84 Å². The summed E-state index contributed by atoms with van der Waals surface area (Å²) in [6, 6.07) is 12.4. The van der Waals surface area contributed by atoms with Crippen molar-refractivity contribution in [3.8, 4) is 0 Å². The summed E-state index contributed by atoms with van der Waals surface area (Å²) in [5.74, 6) is 5.12. The highest BCUT2D eigenvalue weighted by Crippen LogP contribution is 2.18. The second-order valence-electron chi connectivity index (χ2n) is 3.78. The molecule has 0 amide bonds. The van der Waals surface area contributed by atoms with Crippen LogP contribution in [0.4, 0.5) is 4.39 Å². The minimum Gasteiger partial charge on any atom is -0.271 e. The van der Waals surface area contributed by atoms with E-state index < -0.39 is 0 Å². The average Bonchev–Trinajstić information content (AvgIpc) is 2.38. The molecule has 1 aromatic heterocycles. The lowest BCUT2D eigenvalue weighted by atomic mass is 10.0. The number of benzene rings is 1. The third kappa shape index (κ3) is 2.87. The molecule has 88 valence electrons. The van der Waals surface area contributed by atoms with Gasteiger partial charge in [-0.05, 0) is 24.1 Å². The predicted molar refractivity (Wildman–Crippen MR) is 64.4 cm³/mol. The summed E-state index contributed by atoms with van der Waals surface area (Å²) in [5, 5.41) is 0. The SMILES string of the molecule is NNC(Cc1ccccc1)c1ncccc1F. The smallest absolute Gasteiger partial charge is 0.146 e. The van der Waals surface area contributed by atoms with Gasteiger partial charge in [0.1, 0.15) is 5.82 Å². The van der Waals surface area contributed by atoms with Crippen LogP contribution in [-0.4, -0.2) is 4.98 Å². The van der Waals surface area contributed by atoms with E-state index in [2.05, 4.69) is 10.4 Å². The quantitative estimate of drug-likeness (QED) is 0.624. The maximum Gasteiger partial charge on any atom is 0.146 e. The second kappa shape index (κ2) is 5.52. The number of rotatable bonds is 4. The molecule has 17 heavy (non-hydrogen) atoms. The third-order valence-corrected chi connectivity index (χ3v) is 2.60. The molecule has 0 saturated carbocycles. The molecular formula is C13H14FN3. The Morgan fingerprint density at radius 1 is 1.18 bits per heavy atom. The summed E-state index contributed by atoms with van der Waals surface area (Å²) >= 11 is 0. The average molecular weight is 231 g/mol. The molecule has 0 aliphatic heterocycles. The maximum atomic E-state index is 13.6. The molecule has 0 aliphatic carbocycles. The van der Waals surface area contributed by atoms with Gasteiger partial charge in [0.05, 0.1) is 11.7 Å². The van der Waals surface area contributed by atoms with Gasteiger partial charge < -0.3 is 0 Å². The van der Waals surface area contributed by atoms with E-state index in [1.54, 1.807) is 12.3 Å². The van der Waals surface area contributed by atoms with Crippen molar-refractivity contribution in [2.75, 3.05) is 0 Å². The maximum absolute atomic E-state index is 13.6. The molecule has 1 heterocycles. The first-order chi connectivity index (χ1) is 8.31. The highest BCUT2D eigenvalue weighted by atomic mass is 19.1. The first-order valence-corrected chi connectivity index (χ1v) is 5.41. The third-order valence-electron chi connectivity index (χ3n) is 2.60. The van der Waals surface area contributed by atoms with Gasteiger partial charge in [-0.3, -0.25) is 16.3 Å². The molecule has 0 fully saturated rings. The van der Waals surface area contributed by atoms with Crippen molar-refractivity contribution >= 4 is 0 Å². The lowest BCUT2D eigenvalue weighted by Gasteiger charge is -2.15. The largest absolute Gasteiger partial charge is 0.271 e. The first-order valence-electron chi connectivity index (χ1n) is 5.41. The summed E-state index contributed by atoms with van der Waals surface area (Å²) in [4.78, 5) is 4.03. The van der Waals surface area contributed by atoms with Crippen LogP contribution in [0.2, 0.25) is 0 Å². The van der Waals surface area contributed by atoms with Crippen LogP contribution < -0.4 is 11.3 Å². The number of pyridine rings is 1. The highest BCUT2D eigenvalue weighted by Gasteiger charge is 2.15. The summed E-state index contributed by atoms with van der Waals surface area (Å²) in [7, 11) is 0. The number of halogens is 1. The lowest BCUT2D eigenvalue weighted by molar-refractivity contribution is 0.495. The summed E-state index contributed by atoms with van der Waals surface area (Å²) in [5.41, 5.74) is 4.04. The number of hydrazine groups is 1. The molecule has 3 nitrogen and oxygen atoms in total. The summed E-state index contributed by atoms with van der Waals surface area (Å²) in [6.45, 7) is 0. The van der Waals surface area contributed by atoms with Crippen LogP contribution >= 0.6 is 0 Å². The molecule has 1 unspecified atom stereocenters. The fourth-order valence-electron chi connectivity index (χ4n) is 1.74. The second-order valence-corrected chi connectivity index (χ2v) is 3.78. The molecule has 0 radical (unpaired) electrons. The molecule has 1 aromatic carbocycles. The van der Waals surface area contributed by atoms with E-state index in [9.17, 15) is 4.39 Å². The summed E-state index contributed by atoms with van der Waals surface area (Å²) in [6.07, 6.45) is 2.17. The standard InChI is InChI=1S/C13H14FN3/c14-11-7-4-8-16-13(11)12(17-15)9-10-5-2-1-3-6-10/h1-8,12,17H,9,15H2. The van der Waals surface area contributed by atoms with Crippen LogP contribution in [0.15, 0.2) is 48.7 Å². The Hall–Kier alpha value is -1.78. The van der Waals surface area contributed by atoms with Gasteiger partial charge in [-0.15, -0.1) is 0 Å². The summed E-state index contributed by atoms with van der Waals surface area (Å²) < 4.78 is 13.6. The minimum atomic E-state index is -0.341. The Balaban J connectivity index is 2.21. The zero-order chi connectivity index (χ0) is 12.1. The molecule has 2 aromatic rings. The van der Waals surface area contributed by atoms with Gasteiger partial charge in [0.2, 0.25) is 0 Å². The number of nitrogens with one attached hydrogen (secondary N) is 1. The van der Waals surface area contributed by atoms with Crippen LogP contribution in [0, 0.1) is 5.82 Å². The first kappa shape index (κ1) is 11.7. The Labute approximate surface area is 99.5 Å². The normalized spacial score (nSPS) is 12.4. The van der Waals surface area contributed by atoms with Crippen LogP contribution in [0.25, 0.3) is 0 Å². The van der Waals surface area contributed by atoms with Gasteiger partial charge in [-0.2, -0.15) is 0 Å². The fourth-order valence-corrected chi connectivity index (χ4v) is 1.74. The van der Waals surface area contributed by atoms with E-state index in [0.717, 1.165) is 5.56 Å². The number of aromatic nitrogens is 1. The molecule has 0 saturated heterocycles. The van der Waals surface area contributed by atoms with Crippen LogP contribution in [0.1, 0.15) is 17.3 Å². The molecule has 2 rings (SSSR count). The molecule has 3 N–H and O–H groups in total. The predicted octanol–water partition coefficient (Wildman–Crippen LogP) is 1.97. The van der Waals surface area contributed by atoms with Crippen molar-refractivity contribution in [2.24, 2.45) is 5.84 Å². The molecule has 1 atom stereocenters. The molecule has 0 spiro atoms. The Morgan fingerprint density at radius 2 is 1.94 bits per heavy atom. The van der Waals surface area contributed by atoms with Gasteiger partial charge in [0.15, 0.2) is 0 Å². The van der Waals surface area contributed by atoms with Crippen molar-refractivity contribution in [2.45, 2.75) is 12.5 Å². The van der Waals surface area contributed by atoms with Crippen molar-refractivity contribution in [3.05, 3.63) is 65.7 Å². The van der Waals surface area contributed by atoms with Crippen LogP contribution in [-0.2, 0) is 6.42 Å². The number of nitrogens with zero attached hydrogens (tertiary/aromatic N) is 1. The molecular weight excluding hydrogens is 217 g/mol. The monoisotopic (exact) mass is 231 g/mol. The van der Waals surface area contributed by atoms with Gasteiger partial charge in [-0.25, -0.2) is 4.39 Å². The molecule has 0 aliphatic rings. The Bertz CT molecular complexity index is 473. The topological polar surface area (TPSA) is 50.9 Å². The van der Waals surface area contributed by atoms with E-state index in [1.165, 1.54) is 6.07 Å². The van der Waals surface area contributed by atoms with Crippen molar-refractivity contribution in [3.63, 3.8) is 0 Å². The Kier molecular flexibility index (Phi) is 3.80. The van der Waals surface area contributed by atoms with Crippen molar-refractivity contribution in [1.82, 2.24) is 10.4 Å². The van der Waals surface area contributed by atoms with Gasteiger partial charge in [-0.1, -0.05) is 30.3 Å². The highest BCUT2D eigenvalue weighted by molar-refractivity contribution is 5.20. The minimum absolute atomic E-state index is 0.321. The van der Waals surface area contributed by atoms with Crippen molar-refractivity contribution in [1.29, 1.82) is 0 Å². The zero-order valence-electron chi connectivity index (χ0n) is 9.31. The van der Waals surface area contributed by atoms with Crippen LogP contribution in [0.3, 0.4) is 0 Å². The van der Waals surface area contributed by atoms with Gasteiger partial charge in [0, 0.05) is 6.20 Å². The van der Waals surface area contributed by atoms with Gasteiger partial charge >= 0.3 is 0 Å². The molecule has 4 heteroatoms. The van der Waals surface area contributed by atoms with Crippen LogP contribution in [0.5, 0.6) is 0 Å². The van der Waals surface area contributed by atoms with E-state index in [-0.39, 0.29) is 11.9 Å². The lowest BCUT2D eigenvalue weighted by Crippen LogP contribution is -2.31. The number of nitrogens with two attached hydrogens (primary N) is 1. The van der Waals surface area contributed by atoms with E-state index >= 15 is 0 Å². The fraction of sp³-hybridized carbons (Fsp3) is 0.154. The molecule has 0 bridgehead atoms. The number of hydrogen-bond acceptors (Lipinski definition) is 3. The van der Waals surface area contributed by atoms with E-state index in [0.29, 0.717) is 12.1 Å². The Morgan fingerprint density at radius 3 is 2.59 bits per heavy atom. The van der Waals surface area contributed by atoms with Gasteiger partial charge in [0.25, 0.3) is 0 Å². The number of hydrogen-bond donors (Lipinski definition) is 2. The van der Waals surface area contributed by atoms with Crippen molar-refractivity contribution < 1.29 is 4.39 Å².